The van der Waals surface area contributed by atoms with E-state index in [-0.39, 0.29) is 5.92 Å². The molecule has 0 fully saturated rings. The van der Waals surface area contributed by atoms with Gasteiger partial charge in [0.25, 0.3) is 0 Å². The first kappa shape index (κ1) is 49.9. The Hall–Kier alpha value is -6.50. The van der Waals surface area contributed by atoms with Crippen molar-refractivity contribution < 1.29 is 0 Å². The van der Waals surface area contributed by atoms with Gasteiger partial charge in [0.05, 0.1) is 11.4 Å². The minimum atomic E-state index is 0.279. The van der Waals surface area contributed by atoms with Crippen LogP contribution < -0.4 is 21.7 Å². The van der Waals surface area contributed by atoms with Crippen molar-refractivity contribution in [1.82, 2.24) is 9.97 Å². The van der Waals surface area contributed by atoms with E-state index in [1.807, 2.05) is 74.0 Å². The van der Waals surface area contributed by atoms with E-state index in [1.54, 1.807) is 0 Å². The Morgan fingerprint density at radius 2 is 1.10 bits per heavy atom. The third-order valence-electron chi connectivity index (χ3n) is 10.0. The van der Waals surface area contributed by atoms with Crippen LogP contribution in [-0.4, -0.2) is 38.2 Å². The predicted molar refractivity (Wildman–Crippen MR) is 276 cm³/mol. The van der Waals surface area contributed by atoms with Gasteiger partial charge in [-0.15, -0.1) is 0 Å². The van der Waals surface area contributed by atoms with Gasteiger partial charge in [0.15, 0.2) is 5.82 Å². The molecule has 0 aliphatic heterocycles. The van der Waals surface area contributed by atoms with E-state index >= 15 is 0 Å². The molecule has 0 spiro atoms. The Labute approximate surface area is 373 Å². The average molecular weight is 827 g/mol. The van der Waals surface area contributed by atoms with Gasteiger partial charge in [-0.3, -0.25) is 0 Å². The molecule has 0 saturated carbocycles. The average Bonchev–Trinajstić information content (AvgIpc) is 3.35. The molecule has 0 aliphatic carbocycles. The molecule has 0 bridgehead atoms. The van der Waals surface area contributed by atoms with Crippen molar-refractivity contribution in [3.05, 3.63) is 169 Å². The van der Waals surface area contributed by atoms with E-state index in [0.717, 1.165) is 68.3 Å². The molecule has 6 heteroatoms. The normalized spacial score (nSPS) is 11.5. The van der Waals surface area contributed by atoms with Crippen LogP contribution in [0.3, 0.4) is 0 Å². The summed E-state index contributed by atoms with van der Waals surface area (Å²) in [6, 6.07) is 41.2. The maximum atomic E-state index is 5.14. The molecule has 5 aromatic carbocycles. The zero-order valence-electron chi connectivity index (χ0n) is 39.3. The van der Waals surface area contributed by atoms with Crippen molar-refractivity contribution in [2.45, 2.75) is 67.7 Å². The first-order valence-corrected chi connectivity index (χ1v) is 22.1. The Kier molecular flexibility index (Phi) is 21.4. The fraction of sp³-hybridized carbons (Fsp3) is 0.250. The zero-order chi connectivity index (χ0) is 45.4. The molecule has 6 rings (SSSR count). The lowest BCUT2D eigenvalue weighted by Crippen LogP contribution is -1.97. The smallest absolute Gasteiger partial charge is 0.160 e. The van der Waals surface area contributed by atoms with Crippen molar-refractivity contribution >= 4 is 22.6 Å². The number of allylic oxidation sites excluding steroid dienone is 8. The number of rotatable bonds is 14. The maximum Gasteiger partial charge on any atom is 0.160 e. The highest BCUT2D eigenvalue weighted by Gasteiger charge is 2.14. The molecular formula is C56H70N6. The molecule has 6 nitrogen and oxygen atoms in total. The SMILES string of the molecule is C/C=C\C=C/C(C)c1cc(NC)cc(-c2ccc(-c3cc(-c4ccc(-c5cc(NC)cc(C(/C=C\CC)=C/C)c5)cc4)nc(-c4cccc(NC)c4)n3)cc2)c1.CC.CC.CN. The van der Waals surface area contributed by atoms with Crippen LogP contribution in [0.5, 0.6) is 0 Å². The number of nitrogens with one attached hydrogen (secondary N) is 3. The summed E-state index contributed by atoms with van der Waals surface area (Å²) in [5, 5.41) is 9.97. The number of benzene rings is 5. The van der Waals surface area contributed by atoms with Crippen LogP contribution in [0.4, 0.5) is 17.1 Å². The van der Waals surface area contributed by atoms with Crippen LogP contribution in [0.1, 0.15) is 78.9 Å². The lowest BCUT2D eigenvalue weighted by atomic mass is 9.94. The monoisotopic (exact) mass is 827 g/mol. The Bertz CT molecular complexity index is 2380. The summed E-state index contributed by atoms with van der Waals surface area (Å²) in [4.78, 5) is 10.3. The lowest BCUT2D eigenvalue weighted by molar-refractivity contribution is 0.968. The Balaban J connectivity index is 0.00000163. The van der Waals surface area contributed by atoms with E-state index < -0.39 is 0 Å². The second-order valence-corrected chi connectivity index (χ2v) is 13.8. The van der Waals surface area contributed by atoms with Gasteiger partial charge < -0.3 is 21.7 Å². The molecule has 6 aromatic rings. The van der Waals surface area contributed by atoms with Crippen LogP contribution in [0.15, 0.2) is 158 Å². The molecule has 1 heterocycles. The minimum absolute atomic E-state index is 0.279. The van der Waals surface area contributed by atoms with Crippen LogP contribution in [0.25, 0.3) is 61.7 Å². The summed E-state index contributed by atoms with van der Waals surface area (Å²) < 4.78 is 0. The first-order valence-electron chi connectivity index (χ1n) is 22.1. The van der Waals surface area contributed by atoms with Gasteiger partial charge in [-0.2, -0.15) is 0 Å². The topological polar surface area (TPSA) is 87.9 Å². The third kappa shape index (κ3) is 13.5. The maximum absolute atomic E-state index is 5.14. The molecule has 0 amide bonds. The summed E-state index contributed by atoms with van der Waals surface area (Å²) in [6.45, 7) is 16.5. The summed E-state index contributed by atoms with van der Waals surface area (Å²) in [7, 11) is 7.37. The molecule has 1 atom stereocenters. The van der Waals surface area contributed by atoms with Crippen LogP contribution in [0, 0.1) is 0 Å². The molecular weight excluding hydrogens is 757 g/mol. The minimum Gasteiger partial charge on any atom is -0.388 e. The Morgan fingerprint density at radius 3 is 1.61 bits per heavy atom. The van der Waals surface area contributed by atoms with E-state index in [9.17, 15) is 0 Å². The van der Waals surface area contributed by atoms with E-state index in [4.69, 9.17) is 9.97 Å². The van der Waals surface area contributed by atoms with E-state index in [2.05, 4.69) is 182 Å². The quantitative estimate of drug-likeness (QED) is 0.0818. The fourth-order valence-electron chi connectivity index (χ4n) is 6.74. The highest BCUT2D eigenvalue weighted by molar-refractivity contribution is 5.82. The van der Waals surface area contributed by atoms with Crippen LogP contribution in [0.2, 0.25) is 0 Å². The summed E-state index contributed by atoms with van der Waals surface area (Å²) in [6.07, 6.45) is 16.0. The van der Waals surface area contributed by atoms with Crippen molar-refractivity contribution in [3.63, 3.8) is 0 Å². The number of hydrogen-bond donors (Lipinski definition) is 4. The van der Waals surface area contributed by atoms with E-state index in [1.165, 1.54) is 29.3 Å². The highest BCUT2D eigenvalue weighted by atomic mass is 14.9. The number of aromatic nitrogens is 2. The van der Waals surface area contributed by atoms with Gasteiger partial charge in [0.2, 0.25) is 0 Å². The van der Waals surface area contributed by atoms with Gasteiger partial charge in [0.1, 0.15) is 0 Å². The Morgan fingerprint density at radius 1 is 0.581 bits per heavy atom. The second kappa shape index (κ2) is 26.7. The standard InChI is InChI=1S/C51H53N5.2C2H6.CH5N/c1-8-11-13-15-35(4)42-27-44(32-47(30-42)53-6)37-19-23-39(24-20-37)49-34-50(56-51(55-49)41-17-14-18-46(29-41)52-5)40-25-21-38(22-26-40)45-28-43(31-48(33-45)54-7)36(10-3)16-12-9-2;3*1-2/h8,10-35,52-54H,9H2,1-7H3;2*1-2H3;2H2,1H3/b11-8-,15-13-,16-12-,36-10+;;;. The molecule has 0 saturated heterocycles. The largest absolute Gasteiger partial charge is 0.388 e. The van der Waals surface area contributed by atoms with Gasteiger partial charge in [-0.25, -0.2) is 9.97 Å². The first-order chi connectivity index (χ1) is 30.4. The molecule has 5 N–H and O–H groups in total. The second-order valence-electron chi connectivity index (χ2n) is 13.8. The molecule has 324 valence electrons. The van der Waals surface area contributed by atoms with Crippen molar-refractivity contribution in [2.75, 3.05) is 44.1 Å². The molecule has 1 aromatic heterocycles. The zero-order valence-corrected chi connectivity index (χ0v) is 39.3. The van der Waals surface area contributed by atoms with Gasteiger partial charge in [-0.1, -0.05) is 151 Å². The van der Waals surface area contributed by atoms with Crippen molar-refractivity contribution in [2.24, 2.45) is 5.73 Å². The molecule has 0 radical (unpaired) electrons. The summed E-state index contributed by atoms with van der Waals surface area (Å²) >= 11 is 0. The number of hydrogen-bond acceptors (Lipinski definition) is 6. The molecule has 1 unspecified atom stereocenters. The summed E-state index contributed by atoms with van der Waals surface area (Å²) in [5.41, 5.74) is 20.7. The van der Waals surface area contributed by atoms with Crippen LogP contribution >= 0.6 is 0 Å². The van der Waals surface area contributed by atoms with Crippen LogP contribution in [-0.2, 0) is 0 Å². The van der Waals surface area contributed by atoms with Gasteiger partial charge in [0, 0.05) is 54.9 Å². The van der Waals surface area contributed by atoms with Gasteiger partial charge in [-0.05, 0) is 121 Å². The van der Waals surface area contributed by atoms with Crippen molar-refractivity contribution in [1.29, 1.82) is 0 Å². The summed E-state index contributed by atoms with van der Waals surface area (Å²) in [5.74, 6) is 0.959. The van der Waals surface area contributed by atoms with Crippen molar-refractivity contribution in [3.8, 4) is 56.2 Å². The number of nitrogens with two attached hydrogens (primary N) is 1. The highest BCUT2D eigenvalue weighted by Crippen LogP contribution is 2.34. The number of anilines is 3. The van der Waals surface area contributed by atoms with E-state index in [0.29, 0.717) is 5.82 Å². The predicted octanol–water partition coefficient (Wildman–Crippen LogP) is 15.2. The lowest BCUT2D eigenvalue weighted by Gasteiger charge is -2.14. The third-order valence-corrected chi connectivity index (χ3v) is 10.0. The number of nitrogens with zero attached hydrogens (tertiary/aromatic N) is 2. The fourth-order valence-corrected chi connectivity index (χ4v) is 6.74. The molecule has 0 aliphatic rings. The van der Waals surface area contributed by atoms with Gasteiger partial charge >= 0.3 is 0 Å². The molecule has 62 heavy (non-hydrogen) atoms.